The summed E-state index contributed by atoms with van der Waals surface area (Å²) >= 11 is 7.43. The fourth-order valence-electron chi connectivity index (χ4n) is 2.70. The van der Waals surface area contributed by atoms with Gasteiger partial charge in [0, 0.05) is 10.9 Å². The van der Waals surface area contributed by atoms with Gasteiger partial charge in [0.05, 0.1) is 10.2 Å². The molecule has 22 heavy (non-hydrogen) atoms. The van der Waals surface area contributed by atoms with Gasteiger partial charge in [0.15, 0.2) is 5.13 Å². The second-order valence-electron chi connectivity index (χ2n) is 5.48. The number of benzene rings is 2. The van der Waals surface area contributed by atoms with E-state index in [1.165, 1.54) is 16.9 Å². The Morgan fingerprint density at radius 3 is 2.86 bits per heavy atom. The molecule has 0 radical (unpaired) electrons. The number of nitrogens with zero attached hydrogens (tertiary/aromatic N) is 1. The first-order valence-corrected chi connectivity index (χ1v) is 8.32. The lowest BCUT2D eigenvalue weighted by Gasteiger charge is -2.01. The number of halogens is 1. The van der Waals surface area contributed by atoms with E-state index in [1.54, 1.807) is 0 Å². The number of nitrogens with one attached hydrogen (secondary N) is 1. The number of amides is 1. The lowest BCUT2D eigenvalue weighted by atomic mass is 10.1. The zero-order valence-corrected chi connectivity index (χ0v) is 13.2. The van der Waals surface area contributed by atoms with Crippen molar-refractivity contribution in [3.8, 4) is 0 Å². The summed E-state index contributed by atoms with van der Waals surface area (Å²) in [6.07, 6.45) is 0.909. The second kappa shape index (κ2) is 5.38. The minimum atomic E-state index is 0.0537. The van der Waals surface area contributed by atoms with Crippen LogP contribution in [0, 0.1) is 5.92 Å². The summed E-state index contributed by atoms with van der Waals surface area (Å²) in [6.45, 7) is 0. The van der Waals surface area contributed by atoms with Crippen LogP contribution in [0.4, 0.5) is 5.13 Å². The van der Waals surface area contributed by atoms with Gasteiger partial charge in [-0.3, -0.25) is 4.79 Å². The monoisotopic (exact) mass is 328 g/mol. The highest BCUT2D eigenvalue weighted by atomic mass is 35.5. The van der Waals surface area contributed by atoms with Crippen molar-refractivity contribution in [2.24, 2.45) is 5.92 Å². The SMILES string of the molecule is O=C(Nc1nc2ccc(Cl)cc2s1)[C@@H]1C[C@@H]1c1ccccc1. The van der Waals surface area contributed by atoms with Crippen LogP contribution < -0.4 is 5.32 Å². The summed E-state index contributed by atoms with van der Waals surface area (Å²) in [5.41, 5.74) is 2.10. The molecule has 1 amide bonds. The van der Waals surface area contributed by atoms with Gasteiger partial charge in [-0.05, 0) is 36.1 Å². The molecule has 5 heteroatoms. The van der Waals surface area contributed by atoms with Gasteiger partial charge in [0.2, 0.25) is 5.91 Å². The van der Waals surface area contributed by atoms with Crippen LogP contribution >= 0.6 is 22.9 Å². The topological polar surface area (TPSA) is 42.0 Å². The Kier molecular flexibility index (Phi) is 3.36. The van der Waals surface area contributed by atoms with Gasteiger partial charge >= 0.3 is 0 Å². The van der Waals surface area contributed by atoms with E-state index >= 15 is 0 Å². The van der Waals surface area contributed by atoms with E-state index in [-0.39, 0.29) is 11.8 Å². The first-order chi connectivity index (χ1) is 10.7. The van der Waals surface area contributed by atoms with Crippen LogP contribution in [0.2, 0.25) is 5.02 Å². The van der Waals surface area contributed by atoms with Gasteiger partial charge < -0.3 is 5.32 Å². The molecule has 1 N–H and O–H groups in total. The number of carbonyl (C=O) groups excluding carboxylic acids is 1. The molecule has 2 aromatic carbocycles. The van der Waals surface area contributed by atoms with Crippen molar-refractivity contribution in [1.29, 1.82) is 0 Å². The third kappa shape index (κ3) is 2.60. The average Bonchev–Trinajstić information content (AvgIpc) is 3.23. The van der Waals surface area contributed by atoms with E-state index in [0.717, 1.165) is 16.6 Å². The van der Waals surface area contributed by atoms with Crippen molar-refractivity contribution in [2.45, 2.75) is 12.3 Å². The molecule has 1 aromatic heterocycles. The predicted octanol–water partition coefficient (Wildman–Crippen LogP) is 4.69. The molecule has 0 saturated heterocycles. The Morgan fingerprint density at radius 1 is 1.23 bits per heavy atom. The van der Waals surface area contributed by atoms with E-state index in [4.69, 9.17) is 11.6 Å². The molecule has 0 bridgehead atoms. The first kappa shape index (κ1) is 13.7. The maximum absolute atomic E-state index is 12.3. The Labute approximate surface area is 136 Å². The standard InChI is InChI=1S/C17H13ClN2OS/c18-11-6-7-14-15(8-11)22-17(19-14)20-16(21)13-9-12(13)10-4-2-1-3-5-10/h1-8,12-13H,9H2,(H,19,20,21)/t12-,13-/m1/s1. The molecule has 1 fully saturated rings. The molecule has 3 nitrogen and oxygen atoms in total. The van der Waals surface area contributed by atoms with Crippen molar-refractivity contribution in [3.63, 3.8) is 0 Å². The minimum Gasteiger partial charge on any atom is -0.302 e. The quantitative estimate of drug-likeness (QED) is 0.757. The minimum absolute atomic E-state index is 0.0537. The molecule has 1 aliphatic carbocycles. The zero-order valence-electron chi connectivity index (χ0n) is 11.6. The van der Waals surface area contributed by atoms with Crippen LogP contribution in [0.25, 0.3) is 10.2 Å². The summed E-state index contributed by atoms with van der Waals surface area (Å²) in [5, 5.41) is 4.26. The highest BCUT2D eigenvalue weighted by Gasteiger charge is 2.44. The third-order valence-electron chi connectivity index (χ3n) is 3.94. The zero-order chi connectivity index (χ0) is 15.1. The Balaban J connectivity index is 1.48. The molecular weight excluding hydrogens is 316 g/mol. The molecule has 3 aromatic rings. The number of rotatable bonds is 3. The molecule has 1 aliphatic rings. The smallest absolute Gasteiger partial charge is 0.229 e. The molecule has 1 saturated carbocycles. The molecule has 1 heterocycles. The third-order valence-corrected chi connectivity index (χ3v) is 5.10. The molecule has 0 unspecified atom stereocenters. The van der Waals surface area contributed by atoms with Gasteiger partial charge in [-0.15, -0.1) is 0 Å². The van der Waals surface area contributed by atoms with E-state index in [0.29, 0.717) is 16.1 Å². The van der Waals surface area contributed by atoms with Crippen LogP contribution in [0.15, 0.2) is 48.5 Å². The molecule has 0 aliphatic heterocycles. The van der Waals surface area contributed by atoms with Gasteiger partial charge in [-0.25, -0.2) is 4.98 Å². The van der Waals surface area contributed by atoms with Crippen molar-refractivity contribution >= 4 is 44.2 Å². The average molecular weight is 329 g/mol. The Morgan fingerprint density at radius 2 is 2.05 bits per heavy atom. The molecule has 0 spiro atoms. The highest BCUT2D eigenvalue weighted by molar-refractivity contribution is 7.22. The number of thiazole rings is 1. The molecular formula is C17H13ClN2OS. The summed E-state index contributed by atoms with van der Waals surface area (Å²) in [7, 11) is 0. The lowest BCUT2D eigenvalue weighted by molar-refractivity contribution is -0.117. The van der Waals surface area contributed by atoms with E-state index < -0.39 is 0 Å². The van der Waals surface area contributed by atoms with Crippen molar-refractivity contribution < 1.29 is 4.79 Å². The van der Waals surface area contributed by atoms with Crippen LogP contribution in [-0.4, -0.2) is 10.9 Å². The van der Waals surface area contributed by atoms with Gasteiger partial charge in [-0.1, -0.05) is 53.3 Å². The largest absolute Gasteiger partial charge is 0.302 e. The van der Waals surface area contributed by atoms with Crippen molar-refractivity contribution in [2.75, 3.05) is 5.32 Å². The lowest BCUT2D eigenvalue weighted by Crippen LogP contribution is -2.14. The van der Waals surface area contributed by atoms with E-state index in [9.17, 15) is 4.79 Å². The second-order valence-corrected chi connectivity index (χ2v) is 6.95. The summed E-state index contributed by atoms with van der Waals surface area (Å²) in [6, 6.07) is 15.7. The molecule has 2 atom stereocenters. The highest BCUT2D eigenvalue weighted by Crippen LogP contribution is 2.48. The fourth-order valence-corrected chi connectivity index (χ4v) is 3.85. The van der Waals surface area contributed by atoms with Gasteiger partial charge in [0.1, 0.15) is 0 Å². The van der Waals surface area contributed by atoms with E-state index in [2.05, 4.69) is 22.4 Å². The van der Waals surface area contributed by atoms with E-state index in [1.807, 2.05) is 36.4 Å². The summed E-state index contributed by atoms with van der Waals surface area (Å²) in [5.74, 6) is 0.446. The predicted molar refractivity (Wildman–Crippen MR) is 90.5 cm³/mol. The first-order valence-electron chi connectivity index (χ1n) is 7.12. The normalized spacial score (nSPS) is 20.0. The Hall–Kier alpha value is -1.91. The number of hydrogen-bond acceptors (Lipinski definition) is 3. The van der Waals surface area contributed by atoms with Crippen molar-refractivity contribution in [3.05, 3.63) is 59.1 Å². The number of anilines is 1. The molecule has 4 rings (SSSR count). The van der Waals surface area contributed by atoms with Crippen LogP contribution in [0.5, 0.6) is 0 Å². The van der Waals surface area contributed by atoms with Gasteiger partial charge in [0.25, 0.3) is 0 Å². The maximum atomic E-state index is 12.3. The number of carbonyl (C=O) groups is 1. The van der Waals surface area contributed by atoms with Crippen LogP contribution in [-0.2, 0) is 4.79 Å². The number of hydrogen-bond donors (Lipinski definition) is 1. The van der Waals surface area contributed by atoms with Crippen LogP contribution in [0.3, 0.4) is 0 Å². The number of fused-ring (bicyclic) bond motifs is 1. The van der Waals surface area contributed by atoms with Crippen molar-refractivity contribution in [1.82, 2.24) is 4.98 Å². The summed E-state index contributed by atoms with van der Waals surface area (Å²) < 4.78 is 0.984. The fraction of sp³-hybridized carbons (Fsp3) is 0.176. The molecule has 110 valence electrons. The maximum Gasteiger partial charge on any atom is 0.229 e. The number of aromatic nitrogens is 1. The summed E-state index contributed by atoms with van der Waals surface area (Å²) in [4.78, 5) is 16.8. The Bertz CT molecular complexity index is 846. The van der Waals surface area contributed by atoms with Gasteiger partial charge in [-0.2, -0.15) is 0 Å². The van der Waals surface area contributed by atoms with Crippen LogP contribution in [0.1, 0.15) is 17.9 Å².